The monoisotopic (exact) mass is 353 g/mol. The van der Waals surface area contributed by atoms with Crippen molar-refractivity contribution in [3.8, 4) is 0 Å². The average molecular weight is 353 g/mol. The van der Waals surface area contributed by atoms with E-state index in [1.165, 1.54) is 29.8 Å². The molecule has 5 nitrogen and oxygen atoms in total. The summed E-state index contributed by atoms with van der Waals surface area (Å²) in [5, 5.41) is 5.75. The van der Waals surface area contributed by atoms with E-state index in [-0.39, 0.29) is 6.04 Å². The second-order valence-electron chi connectivity index (χ2n) is 6.54. The first-order valence-electron chi connectivity index (χ1n) is 8.95. The maximum absolute atomic E-state index is 5.69. The van der Waals surface area contributed by atoms with Crippen LogP contribution in [-0.2, 0) is 19.3 Å². The van der Waals surface area contributed by atoms with Crippen molar-refractivity contribution in [2.24, 2.45) is 5.73 Å². The fourth-order valence-corrected chi connectivity index (χ4v) is 4.46. The molecule has 4 rings (SSSR count). The summed E-state index contributed by atoms with van der Waals surface area (Å²) in [7, 11) is 0. The minimum absolute atomic E-state index is 0.125. The molecule has 3 aromatic rings. The zero-order valence-electron chi connectivity index (χ0n) is 14.5. The molecule has 0 fully saturated rings. The van der Waals surface area contributed by atoms with E-state index in [0.29, 0.717) is 13.0 Å². The minimum Gasteiger partial charge on any atom is -0.360 e. The summed E-state index contributed by atoms with van der Waals surface area (Å²) in [6.07, 6.45) is 5.53. The number of fused-ring (bicyclic) bond motifs is 2. The van der Waals surface area contributed by atoms with Gasteiger partial charge in [-0.25, -0.2) is 15.0 Å². The van der Waals surface area contributed by atoms with Gasteiger partial charge in [0.05, 0.1) is 17.3 Å². The Morgan fingerprint density at radius 2 is 2.00 bits per heavy atom. The van der Waals surface area contributed by atoms with Crippen LogP contribution >= 0.6 is 11.3 Å². The zero-order chi connectivity index (χ0) is 17.2. The van der Waals surface area contributed by atoms with Crippen molar-refractivity contribution in [1.82, 2.24) is 15.0 Å². The van der Waals surface area contributed by atoms with Gasteiger partial charge in [-0.05, 0) is 51.3 Å². The summed E-state index contributed by atoms with van der Waals surface area (Å²) in [5.74, 6) is 1.66. The number of rotatable bonds is 5. The molecule has 1 aromatic carbocycles. The lowest BCUT2D eigenvalue weighted by Crippen LogP contribution is -2.12. The summed E-state index contributed by atoms with van der Waals surface area (Å²) < 4.78 is 0. The van der Waals surface area contributed by atoms with Crippen LogP contribution in [0.5, 0.6) is 0 Å². The molecule has 3 N–H and O–H groups in total. The molecule has 0 aliphatic heterocycles. The number of aryl methyl sites for hydroxylation is 2. The number of nitrogens with two attached hydrogens (primary N) is 1. The van der Waals surface area contributed by atoms with Crippen molar-refractivity contribution in [1.29, 1.82) is 0 Å². The van der Waals surface area contributed by atoms with Gasteiger partial charge in [0, 0.05) is 16.7 Å². The maximum atomic E-state index is 5.69. The number of hydrogen-bond donors (Lipinski definition) is 2. The van der Waals surface area contributed by atoms with E-state index in [9.17, 15) is 0 Å². The maximum Gasteiger partial charge on any atom is 0.138 e. The van der Waals surface area contributed by atoms with E-state index >= 15 is 0 Å². The van der Waals surface area contributed by atoms with Crippen LogP contribution in [0, 0.1) is 0 Å². The van der Waals surface area contributed by atoms with Crippen molar-refractivity contribution >= 4 is 28.1 Å². The predicted molar refractivity (Wildman–Crippen MR) is 103 cm³/mol. The van der Waals surface area contributed by atoms with Crippen molar-refractivity contribution in [3.05, 3.63) is 45.7 Å². The first-order chi connectivity index (χ1) is 12.2. The lowest BCUT2D eigenvalue weighted by molar-refractivity contribution is 0.678. The first-order valence-corrected chi connectivity index (χ1v) is 9.77. The molecule has 0 bridgehead atoms. The fourth-order valence-electron chi connectivity index (χ4n) is 3.30. The fraction of sp³-hybridized carbons (Fsp3) is 0.421. The number of thiazole rings is 1. The SMILES string of the molecule is C[C@@H](Nc1nc(CCN)nc2ccccc12)c1nc2c(s1)CCCC2. The summed E-state index contributed by atoms with van der Waals surface area (Å²) in [6.45, 7) is 2.70. The Labute approximate surface area is 151 Å². The molecule has 130 valence electrons. The van der Waals surface area contributed by atoms with Gasteiger partial charge in [0.15, 0.2) is 0 Å². The van der Waals surface area contributed by atoms with E-state index in [4.69, 9.17) is 15.7 Å². The van der Waals surface area contributed by atoms with Gasteiger partial charge in [0.1, 0.15) is 16.6 Å². The zero-order valence-corrected chi connectivity index (χ0v) is 15.3. The van der Waals surface area contributed by atoms with Crippen molar-refractivity contribution < 1.29 is 0 Å². The smallest absolute Gasteiger partial charge is 0.138 e. The number of aromatic nitrogens is 3. The molecule has 0 unspecified atom stereocenters. The molecule has 25 heavy (non-hydrogen) atoms. The van der Waals surface area contributed by atoms with E-state index in [1.54, 1.807) is 0 Å². The van der Waals surface area contributed by atoms with Gasteiger partial charge in [-0.15, -0.1) is 11.3 Å². The minimum atomic E-state index is 0.125. The Balaban J connectivity index is 1.66. The highest BCUT2D eigenvalue weighted by atomic mass is 32.1. The molecule has 2 aromatic heterocycles. The van der Waals surface area contributed by atoms with Crippen LogP contribution < -0.4 is 11.1 Å². The van der Waals surface area contributed by atoms with Crippen LogP contribution in [0.2, 0.25) is 0 Å². The van der Waals surface area contributed by atoms with Gasteiger partial charge < -0.3 is 11.1 Å². The Morgan fingerprint density at radius 1 is 1.16 bits per heavy atom. The van der Waals surface area contributed by atoms with Crippen LogP contribution in [0.15, 0.2) is 24.3 Å². The van der Waals surface area contributed by atoms with E-state index in [2.05, 4.69) is 23.3 Å². The normalized spacial score (nSPS) is 15.1. The highest BCUT2D eigenvalue weighted by molar-refractivity contribution is 7.11. The van der Waals surface area contributed by atoms with Crippen LogP contribution in [-0.4, -0.2) is 21.5 Å². The second-order valence-corrected chi connectivity index (χ2v) is 7.65. The second kappa shape index (κ2) is 7.06. The lowest BCUT2D eigenvalue weighted by atomic mass is 10.0. The van der Waals surface area contributed by atoms with Gasteiger partial charge in [0.2, 0.25) is 0 Å². The van der Waals surface area contributed by atoms with Crippen LogP contribution in [0.3, 0.4) is 0 Å². The number of benzene rings is 1. The number of para-hydroxylation sites is 1. The van der Waals surface area contributed by atoms with Gasteiger partial charge in [-0.3, -0.25) is 0 Å². The van der Waals surface area contributed by atoms with Gasteiger partial charge >= 0.3 is 0 Å². The summed E-state index contributed by atoms with van der Waals surface area (Å²) >= 11 is 1.85. The van der Waals surface area contributed by atoms with Gasteiger partial charge in [0.25, 0.3) is 0 Å². The average Bonchev–Trinajstić information content (AvgIpc) is 3.06. The molecule has 1 aliphatic carbocycles. The molecule has 0 amide bonds. The number of anilines is 1. The molecule has 6 heteroatoms. The molecule has 1 aliphatic rings. The summed E-state index contributed by atoms with van der Waals surface area (Å²) in [6, 6.07) is 8.23. The molecule has 0 radical (unpaired) electrons. The summed E-state index contributed by atoms with van der Waals surface area (Å²) in [5.41, 5.74) is 7.95. The third-order valence-electron chi connectivity index (χ3n) is 4.60. The van der Waals surface area contributed by atoms with Crippen molar-refractivity contribution in [3.63, 3.8) is 0 Å². The largest absolute Gasteiger partial charge is 0.360 e. The molecular weight excluding hydrogens is 330 g/mol. The molecule has 0 saturated heterocycles. The van der Waals surface area contributed by atoms with Crippen molar-refractivity contribution in [2.45, 2.75) is 45.1 Å². The van der Waals surface area contributed by atoms with E-state index < -0.39 is 0 Å². The standard InChI is InChI=1S/C19H23N5S/c1-12(19-23-15-8-4-5-9-16(15)25-19)21-18-13-6-2-3-7-14(13)22-17(24-18)10-11-20/h2-3,6-7,12H,4-5,8-11,20H2,1H3,(H,21,22,24)/t12-/m1/s1. The van der Waals surface area contributed by atoms with E-state index in [0.717, 1.165) is 34.0 Å². The molecule has 0 saturated carbocycles. The van der Waals surface area contributed by atoms with Crippen molar-refractivity contribution in [2.75, 3.05) is 11.9 Å². The van der Waals surface area contributed by atoms with Crippen LogP contribution in [0.1, 0.15) is 47.2 Å². The third-order valence-corrected chi connectivity index (χ3v) is 5.94. The summed E-state index contributed by atoms with van der Waals surface area (Å²) in [4.78, 5) is 15.7. The Kier molecular flexibility index (Phi) is 4.63. The Morgan fingerprint density at radius 3 is 2.84 bits per heavy atom. The molecule has 1 atom stereocenters. The number of hydrogen-bond acceptors (Lipinski definition) is 6. The quantitative estimate of drug-likeness (QED) is 0.732. The molecular formula is C19H23N5S. The topological polar surface area (TPSA) is 76.7 Å². The lowest BCUT2D eigenvalue weighted by Gasteiger charge is -2.15. The van der Waals surface area contributed by atoms with Crippen LogP contribution in [0.4, 0.5) is 5.82 Å². The van der Waals surface area contributed by atoms with Gasteiger partial charge in [-0.2, -0.15) is 0 Å². The van der Waals surface area contributed by atoms with Crippen LogP contribution in [0.25, 0.3) is 10.9 Å². The van der Waals surface area contributed by atoms with Gasteiger partial charge in [-0.1, -0.05) is 12.1 Å². The molecule has 0 spiro atoms. The highest BCUT2D eigenvalue weighted by Crippen LogP contribution is 2.32. The number of nitrogens with one attached hydrogen (secondary N) is 1. The highest BCUT2D eigenvalue weighted by Gasteiger charge is 2.19. The Bertz CT molecular complexity index is 865. The molecule has 2 heterocycles. The first kappa shape index (κ1) is 16.4. The predicted octanol–water partition coefficient (Wildman–Crippen LogP) is 3.64. The number of nitrogens with zero attached hydrogens (tertiary/aromatic N) is 3. The Hall–Kier alpha value is -2.05. The van der Waals surface area contributed by atoms with E-state index in [1.807, 2.05) is 29.5 Å². The third kappa shape index (κ3) is 3.37.